The Bertz CT molecular complexity index is 2450. The van der Waals surface area contributed by atoms with E-state index in [2.05, 4.69) is 72.3 Å². The van der Waals surface area contributed by atoms with E-state index in [0.717, 1.165) is 51.2 Å². The van der Waals surface area contributed by atoms with Gasteiger partial charge in [0, 0.05) is 91.2 Å². The van der Waals surface area contributed by atoms with Crippen LogP contribution in [0.25, 0.3) is 33.4 Å². The number of nitrogens with one attached hydrogen (secondary N) is 2. The van der Waals surface area contributed by atoms with E-state index in [-0.39, 0.29) is 49.1 Å². The number of carbonyl (C=O) groups is 4. The van der Waals surface area contributed by atoms with Crippen LogP contribution in [0.2, 0.25) is 0 Å². The molecule has 3 saturated heterocycles. The summed E-state index contributed by atoms with van der Waals surface area (Å²) in [4.78, 5) is 72.7. The van der Waals surface area contributed by atoms with Crippen molar-refractivity contribution in [2.24, 2.45) is 17.3 Å². The van der Waals surface area contributed by atoms with Gasteiger partial charge in [-0.2, -0.15) is 0 Å². The van der Waals surface area contributed by atoms with Crippen molar-refractivity contribution in [1.82, 2.24) is 45.0 Å². The highest BCUT2D eigenvalue weighted by molar-refractivity contribution is 7.10. The first-order chi connectivity index (χ1) is 30.1. The third kappa shape index (κ3) is 7.59. The van der Waals surface area contributed by atoms with Crippen LogP contribution in [-0.2, 0) is 43.2 Å². The number of hydrogen-bond donors (Lipinski definition) is 2. The molecule has 1 aromatic carbocycles. The maximum Gasteiger partial charge on any atom is 0.324 e. The summed E-state index contributed by atoms with van der Waals surface area (Å²) in [5, 5.41) is 8.27. The number of amides is 4. The van der Waals surface area contributed by atoms with Gasteiger partial charge in [0.05, 0.1) is 46.9 Å². The van der Waals surface area contributed by atoms with Crippen LogP contribution in [0.1, 0.15) is 76.8 Å². The summed E-state index contributed by atoms with van der Waals surface area (Å²) in [6.07, 6.45) is 3.33. The number of ether oxygens (including phenoxy) is 2. The molecular formula is C47H61N9O6S. The number of aromatic nitrogens is 3. The predicted octanol–water partition coefficient (Wildman–Crippen LogP) is 5.28. The number of aryl methyl sites for hydroxylation is 1. The number of thiazole rings is 1. The standard InChI is InChI=1S/C47H61N9O6S/c1-10-54-34-16-15-27-19-29(34)30(40(54)28-13-11-17-48-38(28)26(4)61-9)21-47(5,6)24-62-45(59)31-14-12-18-55(51-31)44(58)32(20-36-49-33(27)23-63-36)50-43(57)39(25(2)3)53(8)46(60)56-35-22-52(7)41-37(35)42(41)56/h11,13,15-17,19,23,25-26,31-32,35,37,39,41-42,51H,10,12,14,18,20-22,24H2,1-9H3,(H,50,57)/t26-,31-,32-,35+,37+,39-,41?,42?/m0/s1. The maximum atomic E-state index is 14.6. The summed E-state index contributed by atoms with van der Waals surface area (Å²) in [6, 6.07) is 8.52. The van der Waals surface area contributed by atoms with Crippen LogP contribution in [0.4, 0.5) is 4.79 Å². The largest absolute Gasteiger partial charge is 0.464 e. The van der Waals surface area contributed by atoms with E-state index >= 15 is 0 Å². The van der Waals surface area contributed by atoms with Gasteiger partial charge in [-0.25, -0.2) is 15.2 Å². The maximum absolute atomic E-state index is 14.6. The number of fused-ring (bicyclic) bond motifs is 7. The van der Waals surface area contributed by atoms with Crippen LogP contribution in [0.15, 0.2) is 41.9 Å². The number of hydrogen-bond acceptors (Lipinski definition) is 11. The third-order valence-corrected chi connectivity index (χ3v) is 15.0. The lowest BCUT2D eigenvalue weighted by atomic mass is 9.84. The lowest BCUT2D eigenvalue weighted by Gasteiger charge is -2.45. The zero-order valence-corrected chi connectivity index (χ0v) is 38.7. The average molecular weight is 880 g/mol. The summed E-state index contributed by atoms with van der Waals surface area (Å²) in [6.45, 7) is 14.3. The Balaban J connectivity index is 1.08. The smallest absolute Gasteiger partial charge is 0.324 e. The number of nitrogens with zero attached hydrogens (tertiary/aromatic N) is 7. The molecule has 4 fully saturated rings. The number of carbonyl (C=O) groups excluding carboxylic acids is 4. The Morgan fingerprint density at radius 2 is 1.95 bits per heavy atom. The number of urea groups is 1. The number of piperidine rings is 1. The zero-order valence-electron chi connectivity index (χ0n) is 37.9. The number of benzene rings is 1. The fourth-order valence-electron chi connectivity index (χ4n) is 10.9. The molecular weight excluding hydrogens is 819 g/mol. The van der Waals surface area contributed by atoms with Gasteiger partial charge in [-0.05, 0) is 75.9 Å². The van der Waals surface area contributed by atoms with Gasteiger partial charge in [0.1, 0.15) is 18.1 Å². The molecule has 0 radical (unpaired) electrons. The molecule has 5 aliphatic rings. The second-order valence-corrected chi connectivity index (χ2v) is 20.3. The molecule has 4 amide bonds. The number of esters is 1. The van der Waals surface area contributed by atoms with Crippen LogP contribution in [0.3, 0.4) is 0 Å². The van der Waals surface area contributed by atoms with E-state index in [4.69, 9.17) is 19.4 Å². The molecule has 2 N–H and O–H groups in total. The van der Waals surface area contributed by atoms with Gasteiger partial charge in [-0.15, -0.1) is 11.3 Å². The number of hydrazine groups is 1. The lowest BCUT2D eigenvalue weighted by molar-refractivity contribution is -0.155. The Kier molecular flexibility index (Phi) is 11.4. The Morgan fingerprint density at radius 1 is 1.16 bits per heavy atom. The average Bonchev–Trinajstić information content (AvgIpc) is 3.47. The van der Waals surface area contributed by atoms with Gasteiger partial charge in [0.25, 0.3) is 5.91 Å². The van der Waals surface area contributed by atoms with Crippen LogP contribution in [0, 0.1) is 17.3 Å². The molecule has 9 rings (SSSR count). The first-order valence-electron chi connectivity index (χ1n) is 22.5. The van der Waals surface area contributed by atoms with Crippen molar-refractivity contribution in [1.29, 1.82) is 0 Å². The third-order valence-electron chi connectivity index (χ3n) is 14.1. The van der Waals surface area contributed by atoms with Crippen molar-refractivity contribution in [3.05, 3.63) is 58.2 Å². The zero-order chi connectivity index (χ0) is 44.6. The number of pyridine rings is 1. The molecule has 0 spiro atoms. The quantitative estimate of drug-likeness (QED) is 0.224. The number of methoxy groups -OCH3 is 1. The van der Waals surface area contributed by atoms with Crippen LogP contribution in [0.5, 0.6) is 0 Å². The minimum absolute atomic E-state index is 0.122. The monoisotopic (exact) mass is 879 g/mol. The molecule has 1 aliphatic carbocycles. The van der Waals surface area contributed by atoms with Crippen LogP contribution in [-0.4, -0.2) is 135 Å². The molecule has 16 heteroatoms. The van der Waals surface area contributed by atoms with Gasteiger partial charge < -0.3 is 29.2 Å². The topological polar surface area (TPSA) is 154 Å². The molecule has 4 aliphatic heterocycles. The van der Waals surface area contributed by atoms with E-state index in [1.165, 1.54) is 16.3 Å². The second-order valence-electron chi connectivity index (χ2n) is 19.3. The first kappa shape index (κ1) is 43.4. The molecule has 7 heterocycles. The summed E-state index contributed by atoms with van der Waals surface area (Å²) < 4.78 is 14.3. The molecule has 6 bridgehead atoms. The van der Waals surface area contributed by atoms with Crippen LogP contribution >= 0.6 is 11.3 Å². The SMILES string of the molecule is CCn1c(-c2cccnc2[C@H](C)OC)c2c3cc(ccc31)-c1csc(n1)C[C@H](NC(=O)[C@H](C(C)C)N(C)C(=O)N1C3C4[C@H]3[C@H]1CN4C)C(=O)N1CCC[C@H](N1)C(=O)OCC(C)(C)C2. The van der Waals surface area contributed by atoms with Crippen molar-refractivity contribution in [2.75, 3.05) is 40.9 Å². The normalized spacial score (nSPS) is 26.4. The van der Waals surface area contributed by atoms with E-state index in [1.54, 1.807) is 25.3 Å². The van der Waals surface area contributed by atoms with Gasteiger partial charge in [-0.1, -0.05) is 33.8 Å². The Hall–Kier alpha value is -4.90. The number of rotatable bonds is 8. The van der Waals surface area contributed by atoms with E-state index < -0.39 is 35.4 Å². The first-order valence-corrected chi connectivity index (χ1v) is 23.4. The second kappa shape index (κ2) is 16.6. The molecule has 1 saturated carbocycles. The van der Waals surface area contributed by atoms with Crippen molar-refractivity contribution in [3.8, 4) is 22.5 Å². The van der Waals surface area contributed by atoms with E-state index in [9.17, 15) is 19.2 Å². The minimum atomic E-state index is -1.03. The molecule has 63 heavy (non-hydrogen) atoms. The predicted molar refractivity (Wildman–Crippen MR) is 240 cm³/mol. The Labute approximate surface area is 373 Å². The summed E-state index contributed by atoms with van der Waals surface area (Å²) in [5.74, 6) is -0.924. The summed E-state index contributed by atoms with van der Waals surface area (Å²) >= 11 is 1.44. The van der Waals surface area contributed by atoms with Crippen molar-refractivity contribution >= 4 is 46.1 Å². The fourth-order valence-corrected chi connectivity index (χ4v) is 11.8. The molecule has 336 valence electrons. The van der Waals surface area contributed by atoms with Crippen molar-refractivity contribution in [3.63, 3.8) is 0 Å². The highest BCUT2D eigenvalue weighted by atomic mass is 32.1. The lowest BCUT2D eigenvalue weighted by Crippen LogP contribution is -2.65. The summed E-state index contributed by atoms with van der Waals surface area (Å²) in [7, 11) is 5.49. The number of likely N-dealkylation sites (N-methyl/N-ethyl adjacent to an activating group) is 2. The van der Waals surface area contributed by atoms with Gasteiger partial charge in [0.2, 0.25) is 5.91 Å². The van der Waals surface area contributed by atoms with Gasteiger partial charge >= 0.3 is 12.0 Å². The van der Waals surface area contributed by atoms with Crippen molar-refractivity contribution < 1.29 is 28.7 Å². The van der Waals surface area contributed by atoms with Gasteiger partial charge in [-0.3, -0.25) is 29.3 Å². The molecule has 2 unspecified atom stereocenters. The van der Waals surface area contributed by atoms with Gasteiger partial charge in [0.15, 0.2) is 0 Å². The molecule has 3 aromatic heterocycles. The Morgan fingerprint density at radius 3 is 2.65 bits per heavy atom. The molecule has 4 aromatic rings. The van der Waals surface area contributed by atoms with E-state index in [1.807, 2.05) is 37.1 Å². The minimum Gasteiger partial charge on any atom is -0.464 e. The highest BCUT2D eigenvalue weighted by Gasteiger charge is 2.76. The van der Waals surface area contributed by atoms with Crippen molar-refractivity contribution in [2.45, 2.75) is 116 Å². The van der Waals surface area contributed by atoms with E-state index in [0.29, 0.717) is 49.3 Å². The van der Waals surface area contributed by atoms with Crippen LogP contribution < -0.4 is 10.7 Å². The summed E-state index contributed by atoms with van der Waals surface area (Å²) in [5.41, 5.74) is 9.44. The highest BCUT2D eigenvalue weighted by Crippen LogP contribution is 2.59. The fraction of sp³-hybridized carbons (Fsp3) is 0.574. The number of piperazine rings is 1. The molecule has 8 atom stereocenters. The number of cyclic esters (lactones) is 1. The number of likely N-dealkylation sites (tertiary alicyclic amines) is 2. The molecule has 15 nitrogen and oxygen atoms in total.